The summed E-state index contributed by atoms with van der Waals surface area (Å²) in [6.07, 6.45) is 3.95. The van der Waals surface area contributed by atoms with Crippen LogP contribution in [0, 0.1) is 0 Å². The molecule has 4 aromatic rings. The molecule has 0 aliphatic heterocycles. The number of amides is 1. The predicted octanol–water partition coefficient (Wildman–Crippen LogP) is 5.16. The molecule has 1 amide bonds. The number of benzene rings is 1. The molecule has 152 valence electrons. The van der Waals surface area contributed by atoms with Gasteiger partial charge >= 0.3 is 0 Å². The number of nitrogens with zero attached hydrogens (tertiary/aromatic N) is 3. The van der Waals surface area contributed by atoms with Crippen molar-refractivity contribution >= 4 is 29.0 Å². The fraction of sp³-hybridized carbons (Fsp3) is 0.227. The predicted molar refractivity (Wildman–Crippen MR) is 117 cm³/mol. The zero-order chi connectivity index (χ0) is 20.3. The number of carbonyl (C=O) groups is 1. The molecular weight excluding hydrogens is 416 g/mol. The summed E-state index contributed by atoms with van der Waals surface area (Å²) < 4.78 is 7.54. The van der Waals surface area contributed by atoms with Crippen LogP contribution >= 0.6 is 23.1 Å². The Morgan fingerprint density at radius 1 is 1.20 bits per heavy atom. The van der Waals surface area contributed by atoms with Gasteiger partial charge in [-0.1, -0.05) is 30.0 Å². The molecule has 0 radical (unpaired) electrons. The van der Waals surface area contributed by atoms with Crippen LogP contribution in [0.3, 0.4) is 0 Å². The summed E-state index contributed by atoms with van der Waals surface area (Å²) in [6.45, 7) is 0.376. The summed E-state index contributed by atoms with van der Waals surface area (Å²) in [5.41, 5.74) is 1.72. The molecule has 8 heteroatoms. The van der Waals surface area contributed by atoms with Crippen molar-refractivity contribution in [1.29, 1.82) is 0 Å². The van der Waals surface area contributed by atoms with Gasteiger partial charge in [-0.05, 0) is 54.1 Å². The van der Waals surface area contributed by atoms with Crippen molar-refractivity contribution < 1.29 is 9.21 Å². The third-order valence-corrected chi connectivity index (χ3v) is 6.76. The lowest BCUT2D eigenvalue weighted by Gasteiger charge is -2.09. The molecule has 1 N–H and O–H groups in total. The van der Waals surface area contributed by atoms with E-state index in [0.29, 0.717) is 18.2 Å². The molecule has 0 bridgehead atoms. The minimum atomic E-state index is -0.112. The number of hydrogen-bond donors (Lipinski definition) is 1. The van der Waals surface area contributed by atoms with Gasteiger partial charge in [0.25, 0.3) is 5.91 Å². The number of hydrogen-bond acceptors (Lipinski definition) is 6. The minimum Gasteiger partial charge on any atom is -0.467 e. The molecule has 3 aromatic heterocycles. The summed E-state index contributed by atoms with van der Waals surface area (Å²) in [5, 5.41) is 14.8. The van der Waals surface area contributed by atoms with Crippen LogP contribution in [0.15, 0.2) is 69.7 Å². The van der Waals surface area contributed by atoms with Gasteiger partial charge in [0.2, 0.25) is 0 Å². The maximum Gasteiger partial charge on any atom is 0.251 e. The van der Waals surface area contributed by atoms with E-state index < -0.39 is 0 Å². The summed E-state index contributed by atoms with van der Waals surface area (Å²) >= 11 is 3.35. The van der Waals surface area contributed by atoms with E-state index in [4.69, 9.17) is 4.42 Å². The topological polar surface area (TPSA) is 73.0 Å². The van der Waals surface area contributed by atoms with Crippen molar-refractivity contribution in [2.45, 2.75) is 36.3 Å². The third kappa shape index (κ3) is 4.20. The van der Waals surface area contributed by atoms with E-state index >= 15 is 0 Å². The summed E-state index contributed by atoms with van der Waals surface area (Å²) in [4.78, 5) is 13.6. The molecule has 0 saturated heterocycles. The average molecular weight is 437 g/mol. The van der Waals surface area contributed by atoms with Crippen LogP contribution in [-0.4, -0.2) is 20.7 Å². The molecular formula is C22H20N4O2S2. The molecule has 1 fully saturated rings. The second-order valence-corrected chi connectivity index (χ2v) is 9.03. The SMILES string of the molecule is O=C(NCc1ccco1)c1cccc(CSc2nnc(-c3cccs3)n2C2CC2)c1. The highest BCUT2D eigenvalue weighted by Crippen LogP contribution is 2.42. The van der Waals surface area contributed by atoms with Crippen molar-refractivity contribution in [3.05, 3.63) is 77.1 Å². The molecule has 0 atom stereocenters. The second-order valence-electron chi connectivity index (χ2n) is 7.14. The van der Waals surface area contributed by atoms with Crippen molar-refractivity contribution in [2.75, 3.05) is 0 Å². The Labute approximate surface area is 182 Å². The highest BCUT2D eigenvalue weighted by molar-refractivity contribution is 7.98. The minimum absolute atomic E-state index is 0.112. The first kappa shape index (κ1) is 19.1. The van der Waals surface area contributed by atoms with E-state index in [1.54, 1.807) is 29.4 Å². The molecule has 30 heavy (non-hydrogen) atoms. The van der Waals surface area contributed by atoms with Gasteiger partial charge in [0.05, 0.1) is 17.7 Å². The van der Waals surface area contributed by atoms with Crippen molar-refractivity contribution in [3.63, 3.8) is 0 Å². The second kappa shape index (κ2) is 8.49. The average Bonchev–Trinajstić information content (AvgIpc) is 3.20. The Kier molecular flexibility index (Phi) is 5.42. The van der Waals surface area contributed by atoms with Gasteiger partial charge in [-0.2, -0.15) is 0 Å². The van der Waals surface area contributed by atoms with Gasteiger partial charge in [-0.15, -0.1) is 21.5 Å². The van der Waals surface area contributed by atoms with Gasteiger partial charge in [0.1, 0.15) is 5.76 Å². The smallest absolute Gasteiger partial charge is 0.251 e. The van der Waals surface area contributed by atoms with Crippen LogP contribution in [0.1, 0.15) is 40.6 Å². The van der Waals surface area contributed by atoms with Gasteiger partial charge in [-0.3, -0.25) is 9.36 Å². The maximum absolute atomic E-state index is 12.5. The van der Waals surface area contributed by atoms with Gasteiger partial charge in [0.15, 0.2) is 11.0 Å². The zero-order valence-corrected chi connectivity index (χ0v) is 17.8. The Bertz CT molecular complexity index is 1130. The highest BCUT2D eigenvalue weighted by Gasteiger charge is 2.30. The number of aromatic nitrogens is 3. The summed E-state index contributed by atoms with van der Waals surface area (Å²) in [5.74, 6) is 2.31. The highest BCUT2D eigenvalue weighted by atomic mass is 32.2. The lowest BCUT2D eigenvalue weighted by molar-refractivity contribution is 0.0948. The first-order chi connectivity index (χ1) is 14.8. The van der Waals surface area contributed by atoms with E-state index in [-0.39, 0.29) is 5.91 Å². The van der Waals surface area contributed by atoms with Crippen LogP contribution in [-0.2, 0) is 12.3 Å². The van der Waals surface area contributed by atoms with Gasteiger partial charge < -0.3 is 9.73 Å². The molecule has 1 aliphatic carbocycles. The lowest BCUT2D eigenvalue weighted by atomic mass is 10.1. The zero-order valence-electron chi connectivity index (χ0n) is 16.2. The normalized spacial score (nSPS) is 13.5. The molecule has 1 saturated carbocycles. The Hall–Kier alpha value is -2.84. The Morgan fingerprint density at radius 2 is 2.13 bits per heavy atom. The molecule has 1 aromatic carbocycles. The fourth-order valence-corrected chi connectivity index (χ4v) is 4.90. The van der Waals surface area contributed by atoms with Crippen LogP contribution < -0.4 is 5.32 Å². The van der Waals surface area contributed by atoms with E-state index in [2.05, 4.69) is 31.5 Å². The fourth-order valence-electron chi connectivity index (χ4n) is 3.24. The summed E-state index contributed by atoms with van der Waals surface area (Å²) in [7, 11) is 0. The third-order valence-electron chi connectivity index (χ3n) is 4.88. The van der Waals surface area contributed by atoms with Gasteiger partial charge in [0, 0.05) is 17.4 Å². The maximum atomic E-state index is 12.5. The quantitative estimate of drug-likeness (QED) is 0.386. The molecule has 1 aliphatic rings. The molecule has 6 nitrogen and oxygen atoms in total. The molecule has 0 unspecified atom stereocenters. The number of thioether (sulfide) groups is 1. The van der Waals surface area contributed by atoms with Crippen LogP contribution in [0.2, 0.25) is 0 Å². The van der Waals surface area contributed by atoms with Gasteiger partial charge in [-0.25, -0.2) is 0 Å². The number of nitrogens with one attached hydrogen (secondary N) is 1. The largest absolute Gasteiger partial charge is 0.467 e. The number of furan rings is 1. The number of rotatable bonds is 8. The molecule has 3 heterocycles. The molecule has 5 rings (SSSR count). The first-order valence-electron chi connectivity index (χ1n) is 9.79. The summed E-state index contributed by atoms with van der Waals surface area (Å²) in [6, 6.07) is 16.0. The molecule has 0 spiro atoms. The van der Waals surface area contributed by atoms with Crippen molar-refractivity contribution in [2.24, 2.45) is 0 Å². The van der Waals surface area contributed by atoms with E-state index in [9.17, 15) is 4.79 Å². The first-order valence-corrected chi connectivity index (χ1v) is 11.7. The standard InChI is InChI=1S/C22H20N4O2S2/c27-21(23-13-18-6-2-10-28-18)16-5-1-4-15(12-16)14-30-22-25-24-20(19-7-3-11-29-19)26(22)17-8-9-17/h1-7,10-12,17H,8-9,13-14H2,(H,23,27). The number of thiophene rings is 1. The van der Waals surface area contributed by atoms with E-state index in [1.807, 2.05) is 42.5 Å². The Balaban J connectivity index is 1.27. The van der Waals surface area contributed by atoms with Crippen LogP contribution in [0.5, 0.6) is 0 Å². The van der Waals surface area contributed by atoms with E-state index in [0.717, 1.165) is 32.9 Å². The van der Waals surface area contributed by atoms with E-state index in [1.165, 1.54) is 12.8 Å². The number of carbonyl (C=O) groups excluding carboxylic acids is 1. The van der Waals surface area contributed by atoms with Crippen molar-refractivity contribution in [1.82, 2.24) is 20.1 Å². The lowest BCUT2D eigenvalue weighted by Crippen LogP contribution is -2.22. The van der Waals surface area contributed by atoms with Crippen LogP contribution in [0.25, 0.3) is 10.7 Å². The Morgan fingerprint density at radius 3 is 2.90 bits per heavy atom. The van der Waals surface area contributed by atoms with Crippen molar-refractivity contribution in [3.8, 4) is 10.7 Å². The monoisotopic (exact) mass is 436 g/mol. The van der Waals surface area contributed by atoms with Crippen LogP contribution in [0.4, 0.5) is 0 Å².